The number of urea groups is 1. The number of rotatable bonds is 5. The summed E-state index contributed by atoms with van der Waals surface area (Å²) in [7, 11) is 1.77. The first-order chi connectivity index (χ1) is 11.9. The van der Waals surface area contributed by atoms with Gasteiger partial charge in [0.2, 0.25) is 5.91 Å². The van der Waals surface area contributed by atoms with E-state index in [-0.39, 0.29) is 36.9 Å². The minimum Gasteiger partial charge on any atom is -0.338 e. The van der Waals surface area contributed by atoms with Gasteiger partial charge in [0.05, 0.1) is 6.04 Å². The largest absolute Gasteiger partial charge is 0.338 e. The lowest BCUT2D eigenvalue weighted by atomic mass is 9.82. The van der Waals surface area contributed by atoms with Gasteiger partial charge in [0.1, 0.15) is 5.54 Å². The van der Waals surface area contributed by atoms with Gasteiger partial charge >= 0.3 is 6.03 Å². The highest BCUT2D eigenvalue weighted by Crippen LogP contribution is 2.33. The van der Waals surface area contributed by atoms with E-state index in [1.54, 1.807) is 23.3 Å². The summed E-state index contributed by atoms with van der Waals surface area (Å²) >= 11 is 1.61. The summed E-state index contributed by atoms with van der Waals surface area (Å²) in [6.45, 7) is 2.13. The van der Waals surface area contributed by atoms with Gasteiger partial charge in [0.25, 0.3) is 5.91 Å². The van der Waals surface area contributed by atoms with Gasteiger partial charge in [-0.2, -0.15) is 0 Å². The Labute approximate surface area is 152 Å². The van der Waals surface area contributed by atoms with E-state index in [1.165, 1.54) is 4.90 Å². The third kappa shape index (κ3) is 3.42. The van der Waals surface area contributed by atoms with Gasteiger partial charge in [0, 0.05) is 24.9 Å². The van der Waals surface area contributed by atoms with Gasteiger partial charge < -0.3 is 10.2 Å². The first kappa shape index (κ1) is 17.9. The second-order valence-corrected chi connectivity index (χ2v) is 7.96. The number of imide groups is 1. The summed E-state index contributed by atoms with van der Waals surface area (Å²) in [5.41, 5.74) is -0.714. The molecule has 1 aliphatic carbocycles. The maximum Gasteiger partial charge on any atom is 0.325 e. The van der Waals surface area contributed by atoms with Gasteiger partial charge in [-0.3, -0.25) is 14.5 Å². The van der Waals surface area contributed by atoms with Crippen molar-refractivity contribution in [3.63, 3.8) is 0 Å². The zero-order chi connectivity index (χ0) is 18.0. The maximum atomic E-state index is 12.7. The highest BCUT2D eigenvalue weighted by atomic mass is 32.1. The molecule has 4 amide bonds. The van der Waals surface area contributed by atoms with Gasteiger partial charge in [0.15, 0.2) is 0 Å². The Morgan fingerprint density at radius 1 is 1.36 bits per heavy atom. The number of amides is 4. The molecule has 1 saturated carbocycles. The Hall–Kier alpha value is -1.89. The average molecular weight is 363 g/mol. The van der Waals surface area contributed by atoms with Crippen LogP contribution >= 0.6 is 11.3 Å². The molecule has 1 N–H and O–H groups in total. The smallest absolute Gasteiger partial charge is 0.325 e. The first-order valence-electron chi connectivity index (χ1n) is 8.88. The van der Waals surface area contributed by atoms with Gasteiger partial charge in [-0.1, -0.05) is 25.3 Å². The lowest BCUT2D eigenvalue weighted by molar-refractivity contribution is -0.134. The van der Waals surface area contributed by atoms with Crippen LogP contribution in [0.1, 0.15) is 56.4 Å². The van der Waals surface area contributed by atoms with E-state index >= 15 is 0 Å². The fourth-order valence-electron chi connectivity index (χ4n) is 3.69. The average Bonchev–Trinajstić information content (AvgIpc) is 3.21. The van der Waals surface area contributed by atoms with Crippen LogP contribution < -0.4 is 5.32 Å². The molecule has 6 nitrogen and oxygen atoms in total. The summed E-state index contributed by atoms with van der Waals surface area (Å²) in [5.74, 6) is -0.218. The van der Waals surface area contributed by atoms with Crippen LogP contribution in [0, 0.1) is 0 Å². The van der Waals surface area contributed by atoms with E-state index in [2.05, 4.69) is 5.32 Å². The van der Waals surface area contributed by atoms with Crippen molar-refractivity contribution < 1.29 is 14.4 Å². The van der Waals surface area contributed by atoms with Crippen LogP contribution in [0.3, 0.4) is 0 Å². The van der Waals surface area contributed by atoms with Crippen LogP contribution in [-0.2, 0) is 9.59 Å². The number of carbonyl (C=O) groups excluding carboxylic acids is 3. The lowest BCUT2D eigenvalue weighted by Gasteiger charge is -2.30. The topological polar surface area (TPSA) is 69.7 Å². The van der Waals surface area contributed by atoms with Crippen LogP contribution in [0.2, 0.25) is 0 Å². The predicted molar refractivity (Wildman–Crippen MR) is 96.2 cm³/mol. The van der Waals surface area contributed by atoms with Crippen LogP contribution in [0.5, 0.6) is 0 Å². The van der Waals surface area contributed by atoms with E-state index in [4.69, 9.17) is 0 Å². The second kappa shape index (κ2) is 7.15. The molecule has 0 aromatic carbocycles. The summed E-state index contributed by atoms with van der Waals surface area (Å²) < 4.78 is 0. The first-order valence-corrected chi connectivity index (χ1v) is 9.76. The third-order valence-corrected chi connectivity index (χ3v) is 6.47. The van der Waals surface area contributed by atoms with E-state index in [0.717, 1.165) is 24.1 Å². The molecule has 1 saturated heterocycles. The molecule has 136 valence electrons. The van der Waals surface area contributed by atoms with Crippen molar-refractivity contribution in [2.45, 2.75) is 57.0 Å². The fourth-order valence-corrected chi connectivity index (χ4v) is 4.52. The highest BCUT2D eigenvalue weighted by Gasteiger charge is 2.51. The quantitative estimate of drug-likeness (QED) is 0.818. The molecule has 1 spiro atoms. The monoisotopic (exact) mass is 363 g/mol. The fraction of sp³-hybridized carbons (Fsp3) is 0.611. The molecule has 0 bridgehead atoms. The summed E-state index contributed by atoms with van der Waals surface area (Å²) in [4.78, 5) is 41.5. The Morgan fingerprint density at radius 2 is 2.08 bits per heavy atom. The maximum absolute atomic E-state index is 12.7. The van der Waals surface area contributed by atoms with Crippen LogP contribution in [-0.4, -0.2) is 46.8 Å². The standard InChI is InChI=1S/C18H25N3O3S/c1-13(14-7-6-12-25-14)20(2)15(22)8-11-21-16(23)18(19-17(21)24)9-4-3-5-10-18/h6-7,12-13H,3-5,8-11H2,1-2H3,(H,19,24). The van der Waals surface area contributed by atoms with E-state index in [0.29, 0.717) is 12.8 Å². The number of nitrogens with one attached hydrogen (secondary N) is 1. The summed E-state index contributed by atoms with van der Waals surface area (Å²) in [5, 5.41) is 4.87. The molecular formula is C18H25N3O3S. The Morgan fingerprint density at radius 3 is 2.72 bits per heavy atom. The number of nitrogens with zero attached hydrogens (tertiary/aromatic N) is 2. The zero-order valence-corrected chi connectivity index (χ0v) is 15.6. The van der Waals surface area contributed by atoms with Gasteiger partial charge in [-0.15, -0.1) is 11.3 Å². The molecule has 0 radical (unpaired) electrons. The zero-order valence-electron chi connectivity index (χ0n) is 14.8. The molecule has 1 unspecified atom stereocenters. The third-order valence-electron chi connectivity index (χ3n) is 5.43. The van der Waals surface area contributed by atoms with Gasteiger partial charge in [-0.25, -0.2) is 4.79 Å². The van der Waals surface area contributed by atoms with E-state index < -0.39 is 5.54 Å². The predicted octanol–water partition coefficient (Wildman–Crippen LogP) is 2.91. The van der Waals surface area contributed by atoms with E-state index in [9.17, 15) is 14.4 Å². The number of carbonyl (C=O) groups is 3. The normalized spacial score (nSPS) is 20.6. The molecule has 1 aromatic heterocycles. The number of thiophene rings is 1. The molecule has 3 rings (SSSR count). The Bertz CT molecular complexity index is 653. The van der Waals surface area contributed by atoms with Crippen LogP contribution in [0.15, 0.2) is 17.5 Å². The van der Waals surface area contributed by atoms with Gasteiger partial charge in [-0.05, 0) is 31.2 Å². The molecule has 7 heteroatoms. The lowest BCUT2D eigenvalue weighted by Crippen LogP contribution is -2.48. The number of hydrogen-bond donors (Lipinski definition) is 1. The molecule has 2 heterocycles. The molecule has 1 aliphatic heterocycles. The second-order valence-electron chi connectivity index (χ2n) is 6.98. The molecule has 1 aromatic rings. The number of hydrogen-bond acceptors (Lipinski definition) is 4. The minimum absolute atomic E-state index is 0.0136. The van der Waals surface area contributed by atoms with Crippen molar-refractivity contribution >= 4 is 29.2 Å². The SMILES string of the molecule is CC(c1cccs1)N(C)C(=O)CCN1C(=O)NC2(CCCCC2)C1=O. The van der Waals surface area contributed by atoms with Crippen LogP contribution in [0.4, 0.5) is 4.79 Å². The van der Waals surface area contributed by atoms with Crippen molar-refractivity contribution in [1.29, 1.82) is 0 Å². The highest BCUT2D eigenvalue weighted by molar-refractivity contribution is 7.10. The Kier molecular flexibility index (Phi) is 5.13. The molecule has 25 heavy (non-hydrogen) atoms. The molecule has 2 aliphatic rings. The summed E-state index contributed by atoms with van der Waals surface area (Å²) in [6.07, 6.45) is 4.59. The minimum atomic E-state index is -0.714. The van der Waals surface area contributed by atoms with Crippen molar-refractivity contribution in [1.82, 2.24) is 15.1 Å². The molecule has 1 atom stereocenters. The van der Waals surface area contributed by atoms with Crippen molar-refractivity contribution in [2.75, 3.05) is 13.6 Å². The van der Waals surface area contributed by atoms with Crippen molar-refractivity contribution in [2.24, 2.45) is 0 Å². The van der Waals surface area contributed by atoms with Crippen LogP contribution in [0.25, 0.3) is 0 Å². The van der Waals surface area contributed by atoms with E-state index in [1.807, 2.05) is 24.4 Å². The molecule has 2 fully saturated rings. The summed E-state index contributed by atoms with van der Waals surface area (Å²) in [6, 6.07) is 3.60. The molecular weight excluding hydrogens is 338 g/mol. The Balaban J connectivity index is 1.58. The van der Waals surface area contributed by atoms with Crippen molar-refractivity contribution in [3.8, 4) is 0 Å². The van der Waals surface area contributed by atoms with Crippen molar-refractivity contribution in [3.05, 3.63) is 22.4 Å².